The van der Waals surface area contributed by atoms with Gasteiger partial charge in [0.1, 0.15) is 11.3 Å². The highest BCUT2D eigenvalue weighted by Crippen LogP contribution is 2.33. The Morgan fingerprint density at radius 2 is 1.80 bits per heavy atom. The number of alkyl halides is 3. The molecular formula is C32H33F3N4O. The summed E-state index contributed by atoms with van der Waals surface area (Å²) in [6, 6.07) is 16.8. The molecule has 0 aliphatic carbocycles. The quantitative estimate of drug-likeness (QED) is 0.207. The summed E-state index contributed by atoms with van der Waals surface area (Å²) in [4.78, 5) is 10.8. The molecule has 40 heavy (non-hydrogen) atoms. The Balaban J connectivity index is 1.09. The number of pyridine rings is 1. The summed E-state index contributed by atoms with van der Waals surface area (Å²) in [5.74, 6) is 2.06. The van der Waals surface area contributed by atoms with Gasteiger partial charge in [-0.3, -0.25) is 0 Å². The molecule has 0 amide bonds. The Labute approximate surface area is 232 Å². The van der Waals surface area contributed by atoms with Gasteiger partial charge in [0.25, 0.3) is 0 Å². The van der Waals surface area contributed by atoms with Crippen LogP contribution in [-0.2, 0) is 12.6 Å². The predicted molar refractivity (Wildman–Crippen MR) is 150 cm³/mol. The average molecular weight is 547 g/mol. The smallest absolute Gasteiger partial charge is 0.417 e. The molecule has 1 fully saturated rings. The van der Waals surface area contributed by atoms with Gasteiger partial charge in [-0.05, 0) is 79.5 Å². The summed E-state index contributed by atoms with van der Waals surface area (Å²) in [6.45, 7) is 5.82. The lowest BCUT2D eigenvalue weighted by atomic mass is 9.91. The number of benzene rings is 2. The van der Waals surface area contributed by atoms with Crippen LogP contribution in [0.1, 0.15) is 74.1 Å². The van der Waals surface area contributed by atoms with Crippen LogP contribution < -0.4 is 4.90 Å². The molecule has 2 aromatic carbocycles. The fraction of sp³-hybridized carbons (Fsp3) is 0.406. The maximum absolute atomic E-state index is 12.8. The summed E-state index contributed by atoms with van der Waals surface area (Å²) in [5.41, 5.74) is 4.53. The third-order valence-electron chi connectivity index (χ3n) is 7.81. The number of aromatic nitrogens is 2. The van der Waals surface area contributed by atoms with Gasteiger partial charge in [0.05, 0.1) is 17.2 Å². The third kappa shape index (κ3) is 6.30. The number of halogens is 3. The van der Waals surface area contributed by atoms with Gasteiger partial charge < -0.3 is 9.32 Å². The maximum atomic E-state index is 12.8. The van der Waals surface area contributed by atoms with Crippen molar-refractivity contribution in [3.8, 4) is 17.5 Å². The molecule has 2 aromatic heterocycles. The van der Waals surface area contributed by atoms with Crippen LogP contribution in [-0.4, -0.2) is 23.1 Å². The normalized spacial score (nSPS) is 14.7. The molecule has 4 aromatic rings. The van der Waals surface area contributed by atoms with E-state index in [0.717, 1.165) is 80.6 Å². The molecule has 0 N–H and O–H groups in total. The van der Waals surface area contributed by atoms with Crippen molar-refractivity contribution >= 4 is 16.9 Å². The molecule has 1 aliphatic heterocycles. The third-order valence-corrected chi connectivity index (χ3v) is 7.81. The van der Waals surface area contributed by atoms with Crippen LogP contribution in [0, 0.1) is 17.2 Å². The molecule has 0 bridgehead atoms. The Bertz CT molecular complexity index is 1480. The van der Waals surface area contributed by atoms with Crippen molar-refractivity contribution < 1.29 is 17.6 Å². The zero-order chi connectivity index (χ0) is 28.3. The number of nitrogens with zero attached hydrogens (tertiary/aromatic N) is 4. The molecule has 0 atom stereocenters. The predicted octanol–water partition coefficient (Wildman–Crippen LogP) is 8.53. The fourth-order valence-corrected chi connectivity index (χ4v) is 5.44. The molecule has 1 aliphatic rings. The topological polar surface area (TPSA) is 66.0 Å². The number of aryl methyl sites for hydroxylation is 1. The van der Waals surface area contributed by atoms with E-state index in [9.17, 15) is 18.4 Å². The van der Waals surface area contributed by atoms with Gasteiger partial charge in [0, 0.05) is 30.4 Å². The van der Waals surface area contributed by atoms with E-state index >= 15 is 0 Å². The van der Waals surface area contributed by atoms with Crippen LogP contribution in [0.15, 0.2) is 59.1 Å². The molecule has 208 valence electrons. The lowest BCUT2D eigenvalue weighted by molar-refractivity contribution is -0.137. The summed E-state index contributed by atoms with van der Waals surface area (Å²) < 4.78 is 44.5. The van der Waals surface area contributed by atoms with Gasteiger partial charge in [-0.25, -0.2) is 9.97 Å². The number of fused-ring (bicyclic) bond motifs is 1. The molecular weight excluding hydrogens is 513 g/mol. The van der Waals surface area contributed by atoms with Crippen molar-refractivity contribution in [3.63, 3.8) is 0 Å². The van der Waals surface area contributed by atoms with Crippen LogP contribution in [0.2, 0.25) is 0 Å². The lowest BCUT2D eigenvalue weighted by Gasteiger charge is -2.33. The van der Waals surface area contributed by atoms with Crippen LogP contribution >= 0.6 is 0 Å². The van der Waals surface area contributed by atoms with E-state index in [1.807, 2.05) is 18.2 Å². The monoisotopic (exact) mass is 546 g/mol. The Morgan fingerprint density at radius 1 is 1.05 bits per heavy atom. The van der Waals surface area contributed by atoms with Crippen molar-refractivity contribution in [2.24, 2.45) is 5.92 Å². The Kier molecular flexibility index (Phi) is 8.11. The summed E-state index contributed by atoms with van der Waals surface area (Å²) >= 11 is 0. The first kappa shape index (κ1) is 27.7. The fourth-order valence-electron chi connectivity index (χ4n) is 5.44. The van der Waals surface area contributed by atoms with Crippen LogP contribution in [0.25, 0.3) is 22.6 Å². The van der Waals surface area contributed by atoms with E-state index in [2.05, 4.69) is 46.9 Å². The number of unbranched alkanes of at least 4 members (excludes halogenated alkanes) is 1. The first-order valence-corrected chi connectivity index (χ1v) is 13.9. The summed E-state index contributed by atoms with van der Waals surface area (Å²) in [7, 11) is 0. The molecule has 0 spiro atoms. The first-order valence-electron chi connectivity index (χ1n) is 13.9. The number of hydrogen-bond donors (Lipinski definition) is 0. The van der Waals surface area contributed by atoms with E-state index < -0.39 is 11.7 Å². The van der Waals surface area contributed by atoms with Crippen LogP contribution in [0.4, 0.5) is 19.0 Å². The summed E-state index contributed by atoms with van der Waals surface area (Å²) in [5, 5.41) is 9.36. The number of hydrogen-bond acceptors (Lipinski definition) is 5. The second-order valence-electron chi connectivity index (χ2n) is 11.0. The number of nitriles is 1. The molecule has 3 heterocycles. The SMILES string of the molecule is CC(C)c1cc(C#N)cc2nc(-c3ccc(CCCCC4CCN(c5ccc(C(F)(F)F)cn5)CC4)cc3)oc12. The van der Waals surface area contributed by atoms with E-state index in [4.69, 9.17) is 4.42 Å². The number of oxazole rings is 1. The van der Waals surface area contributed by atoms with E-state index in [1.54, 1.807) is 6.07 Å². The van der Waals surface area contributed by atoms with Crippen molar-refractivity contribution in [3.05, 3.63) is 77.0 Å². The van der Waals surface area contributed by atoms with E-state index in [-0.39, 0.29) is 5.92 Å². The standard InChI is InChI=1S/C32H33F3N4O/c1-21(2)27-17-24(19-36)18-28-30(27)40-31(38-28)25-9-7-22(8-10-25)5-3-4-6-23-13-15-39(16-14-23)29-12-11-26(20-37-29)32(33,34)35/h7-12,17-18,20-21,23H,3-6,13-16H2,1-2H3. The molecule has 1 saturated heterocycles. The minimum atomic E-state index is -4.35. The van der Waals surface area contributed by atoms with Gasteiger partial charge in [-0.2, -0.15) is 18.4 Å². The largest absolute Gasteiger partial charge is 0.436 e. The van der Waals surface area contributed by atoms with E-state index in [1.165, 1.54) is 11.6 Å². The molecule has 8 heteroatoms. The van der Waals surface area contributed by atoms with Crippen molar-refractivity contribution in [1.29, 1.82) is 5.26 Å². The van der Waals surface area contributed by atoms with Crippen molar-refractivity contribution in [2.75, 3.05) is 18.0 Å². The second-order valence-corrected chi connectivity index (χ2v) is 11.0. The van der Waals surface area contributed by atoms with Gasteiger partial charge in [-0.1, -0.05) is 38.8 Å². The second kappa shape index (κ2) is 11.7. The molecule has 0 radical (unpaired) electrons. The summed E-state index contributed by atoms with van der Waals surface area (Å²) in [6.07, 6.45) is 3.08. The lowest BCUT2D eigenvalue weighted by Crippen LogP contribution is -2.34. The molecule has 0 unspecified atom stereocenters. The van der Waals surface area contributed by atoms with Gasteiger partial charge in [0.2, 0.25) is 5.89 Å². The first-order chi connectivity index (χ1) is 19.2. The van der Waals surface area contributed by atoms with Gasteiger partial charge in [-0.15, -0.1) is 0 Å². The Hall–Kier alpha value is -3.86. The molecule has 5 nitrogen and oxygen atoms in total. The van der Waals surface area contributed by atoms with Crippen molar-refractivity contribution in [1.82, 2.24) is 9.97 Å². The minimum Gasteiger partial charge on any atom is -0.436 e. The average Bonchev–Trinajstić information content (AvgIpc) is 3.39. The number of piperidine rings is 1. The van der Waals surface area contributed by atoms with Gasteiger partial charge >= 0.3 is 6.18 Å². The highest BCUT2D eigenvalue weighted by Gasteiger charge is 2.31. The van der Waals surface area contributed by atoms with Crippen LogP contribution in [0.3, 0.4) is 0 Å². The van der Waals surface area contributed by atoms with Crippen molar-refractivity contribution in [2.45, 2.75) is 64.5 Å². The molecule has 5 rings (SSSR count). The molecule has 0 saturated carbocycles. The van der Waals surface area contributed by atoms with Gasteiger partial charge in [0.15, 0.2) is 5.58 Å². The Morgan fingerprint density at radius 3 is 2.42 bits per heavy atom. The highest BCUT2D eigenvalue weighted by atomic mass is 19.4. The highest BCUT2D eigenvalue weighted by molar-refractivity contribution is 5.81. The van der Waals surface area contributed by atoms with Crippen LogP contribution in [0.5, 0.6) is 0 Å². The number of anilines is 1. The number of rotatable bonds is 8. The zero-order valence-electron chi connectivity index (χ0n) is 22.8. The maximum Gasteiger partial charge on any atom is 0.417 e. The van der Waals surface area contributed by atoms with E-state index in [0.29, 0.717) is 28.7 Å². The minimum absolute atomic E-state index is 0.225. The zero-order valence-corrected chi connectivity index (χ0v) is 22.8.